The van der Waals surface area contributed by atoms with Crippen molar-refractivity contribution in [3.05, 3.63) is 23.4 Å². The highest BCUT2D eigenvalue weighted by molar-refractivity contribution is 7.99. The summed E-state index contributed by atoms with van der Waals surface area (Å²) < 4.78 is 0. The summed E-state index contributed by atoms with van der Waals surface area (Å²) in [7, 11) is 0. The summed E-state index contributed by atoms with van der Waals surface area (Å²) in [5.74, 6) is 2.06. The molecule has 1 aliphatic rings. The number of hydrogen-bond acceptors (Lipinski definition) is 3. The summed E-state index contributed by atoms with van der Waals surface area (Å²) in [6, 6.07) is 4.99. The van der Waals surface area contributed by atoms with Gasteiger partial charge in [0.05, 0.1) is 5.03 Å². The fraction of sp³-hybridized carbons (Fsp3) is 0.643. The third kappa shape index (κ3) is 4.00. The smallest absolute Gasteiger partial charge is 0.0966 e. The van der Waals surface area contributed by atoms with Gasteiger partial charge in [-0.3, -0.25) is 0 Å². The molecule has 0 aromatic carbocycles. The molecule has 17 heavy (non-hydrogen) atoms. The maximum atomic E-state index is 4.58. The van der Waals surface area contributed by atoms with E-state index in [0.29, 0.717) is 6.04 Å². The van der Waals surface area contributed by atoms with Gasteiger partial charge in [0, 0.05) is 17.5 Å². The Labute approximate surface area is 109 Å². The Hall–Kier alpha value is -0.540. The van der Waals surface area contributed by atoms with Crippen molar-refractivity contribution in [2.45, 2.75) is 44.7 Å². The average molecular weight is 250 g/mol. The lowest BCUT2D eigenvalue weighted by atomic mass is 10.2. The van der Waals surface area contributed by atoms with E-state index in [1.807, 2.05) is 11.8 Å². The van der Waals surface area contributed by atoms with Gasteiger partial charge < -0.3 is 5.32 Å². The molecule has 0 saturated heterocycles. The summed E-state index contributed by atoms with van der Waals surface area (Å²) >= 11 is 1.89. The first-order valence-electron chi connectivity index (χ1n) is 6.50. The zero-order valence-corrected chi connectivity index (χ0v) is 11.8. The molecular weight excluding hydrogens is 228 g/mol. The molecule has 3 heteroatoms. The zero-order valence-electron chi connectivity index (χ0n) is 11.0. The number of aryl methyl sites for hydroxylation is 2. The van der Waals surface area contributed by atoms with Crippen LogP contribution in [0.1, 0.15) is 31.0 Å². The van der Waals surface area contributed by atoms with Crippen LogP contribution in [0.15, 0.2) is 17.2 Å². The van der Waals surface area contributed by atoms with Crippen LogP contribution in [0.25, 0.3) is 0 Å². The highest BCUT2D eigenvalue weighted by atomic mass is 32.2. The first kappa shape index (κ1) is 12.9. The Bertz CT molecular complexity index is 354. The van der Waals surface area contributed by atoms with Crippen LogP contribution in [-0.4, -0.2) is 23.3 Å². The minimum Gasteiger partial charge on any atom is -0.313 e. The highest BCUT2D eigenvalue weighted by Crippen LogP contribution is 2.35. The van der Waals surface area contributed by atoms with E-state index < -0.39 is 0 Å². The predicted molar refractivity (Wildman–Crippen MR) is 74.6 cm³/mol. The lowest BCUT2D eigenvalue weighted by Crippen LogP contribution is -2.33. The van der Waals surface area contributed by atoms with Gasteiger partial charge in [-0.05, 0) is 56.8 Å². The van der Waals surface area contributed by atoms with E-state index in [9.17, 15) is 0 Å². The molecule has 0 aliphatic heterocycles. The van der Waals surface area contributed by atoms with Gasteiger partial charge in [0.1, 0.15) is 0 Å². The summed E-state index contributed by atoms with van der Waals surface area (Å²) in [6.45, 7) is 7.47. The quantitative estimate of drug-likeness (QED) is 0.785. The van der Waals surface area contributed by atoms with E-state index in [2.05, 4.69) is 43.2 Å². The fourth-order valence-corrected chi connectivity index (χ4v) is 3.39. The SMILES string of the molecule is CCNC(CSc1cc(C)cc(C)n1)C1CC1. The first-order valence-corrected chi connectivity index (χ1v) is 7.49. The third-order valence-corrected chi connectivity index (χ3v) is 4.17. The minimum absolute atomic E-state index is 0.674. The van der Waals surface area contributed by atoms with Crippen molar-refractivity contribution in [1.29, 1.82) is 0 Å². The van der Waals surface area contributed by atoms with Gasteiger partial charge in [-0.2, -0.15) is 0 Å². The summed E-state index contributed by atoms with van der Waals surface area (Å²) in [5.41, 5.74) is 2.44. The van der Waals surface area contributed by atoms with Crippen LogP contribution in [0.2, 0.25) is 0 Å². The Kier molecular flexibility index (Phi) is 4.46. The van der Waals surface area contributed by atoms with Gasteiger partial charge in [-0.25, -0.2) is 4.98 Å². The molecule has 2 rings (SSSR count). The van der Waals surface area contributed by atoms with Crippen molar-refractivity contribution in [3.8, 4) is 0 Å². The number of thioether (sulfide) groups is 1. The van der Waals surface area contributed by atoms with Crippen LogP contribution in [-0.2, 0) is 0 Å². The molecule has 1 aromatic rings. The Morgan fingerprint density at radius 2 is 2.18 bits per heavy atom. The standard InChI is InChI=1S/C14H22N2S/c1-4-15-13(12-5-6-12)9-17-14-8-10(2)7-11(3)16-14/h7-8,12-13,15H,4-6,9H2,1-3H3. The Morgan fingerprint density at radius 1 is 1.41 bits per heavy atom. The van der Waals surface area contributed by atoms with E-state index >= 15 is 0 Å². The maximum absolute atomic E-state index is 4.58. The molecule has 1 atom stereocenters. The molecule has 1 saturated carbocycles. The first-order chi connectivity index (χ1) is 8.19. The van der Waals surface area contributed by atoms with E-state index in [0.717, 1.165) is 23.9 Å². The molecule has 1 aromatic heterocycles. The normalized spacial score (nSPS) is 17.1. The number of rotatable bonds is 6. The summed E-state index contributed by atoms with van der Waals surface area (Å²) in [5, 5.41) is 4.77. The van der Waals surface area contributed by atoms with E-state index in [4.69, 9.17) is 0 Å². The predicted octanol–water partition coefficient (Wildman–Crippen LogP) is 3.18. The Balaban J connectivity index is 1.91. The van der Waals surface area contributed by atoms with E-state index in [1.165, 1.54) is 23.4 Å². The molecule has 1 N–H and O–H groups in total. The van der Waals surface area contributed by atoms with Crippen molar-refractivity contribution < 1.29 is 0 Å². The zero-order chi connectivity index (χ0) is 12.3. The molecule has 94 valence electrons. The number of nitrogens with zero attached hydrogens (tertiary/aromatic N) is 1. The molecule has 0 amide bonds. The van der Waals surface area contributed by atoms with E-state index in [-0.39, 0.29) is 0 Å². The van der Waals surface area contributed by atoms with Crippen LogP contribution < -0.4 is 5.32 Å². The van der Waals surface area contributed by atoms with Crippen molar-refractivity contribution in [2.75, 3.05) is 12.3 Å². The van der Waals surface area contributed by atoms with Gasteiger partial charge in [-0.15, -0.1) is 11.8 Å². The van der Waals surface area contributed by atoms with Gasteiger partial charge in [-0.1, -0.05) is 6.92 Å². The van der Waals surface area contributed by atoms with Gasteiger partial charge in [0.2, 0.25) is 0 Å². The number of hydrogen-bond donors (Lipinski definition) is 1. The van der Waals surface area contributed by atoms with Crippen molar-refractivity contribution >= 4 is 11.8 Å². The number of nitrogens with one attached hydrogen (secondary N) is 1. The third-order valence-electron chi connectivity index (χ3n) is 3.14. The van der Waals surface area contributed by atoms with Crippen LogP contribution in [0.3, 0.4) is 0 Å². The van der Waals surface area contributed by atoms with Gasteiger partial charge in [0.25, 0.3) is 0 Å². The van der Waals surface area contributed by atoms with Crippen LogP contribution in [0.5, 0.6) is 0 Å². The second-order valence-electron chi connectivity index (χ2n) is 4.94. The lowest BCUT2D eigenvalue weighted by Gasteiger charge is -2.16. The van der Waals surface area contributed by atoms with Crippen molar-refractivity contribution in [1.82, 2.24) is 10.3 Å². The fourth-order valence-electron chi connectivity index (χ4n) is 2.18. The van der Waals surface area contributed by atoms with Crippen LogP contribution in [0, 0.1) is 19.8 Å². The topological polar surface area (TPSA) is 24.9 Å². The largest absolute Gasteiger partial charge is 0.313 e. The molecule has 1 aliphatic carbocycles. The lowest BCUT2D eigenvalue weighted by molar-refractivity contribution is 0.519. The van der Waals surface area contributed by atoms with Gasteiger partial charge in [0.15, 0.2) is 0 Å². The minimum atomic E-state index is 0.674. The van der Waals surface area contributed by atoms with Crippen molar-refractivity contribution in [2.24, 2.45) is 5.92 Å². The van der Waals surface area contributed by atoms with Crippen molar-refractivity contribution in [3.63, 3.8) is 0 Å². The monoisotopic (exact) mass is 250 g/mol. The van der Waals surface area contributed by atoms with Gasteiger partial charge >= 0.3 is 0 Å². The molecule has 1 heterocycles. The second kappa shape index (κ2) is 5.87. The number of aromatic nitrogens is 1. The molecule has 1 unspecified atom stereocenters. The molecular formula is C14H22N2S. The Morgan fingerprint density at radius 3 is 2.76 bits per heavy atom. The van der Waals surface area contributed by atoms with Crippen LogP contribution >= 0.6 is 11.8 Å². The van der Waals surface area contributed by atoms with Crippen LogP contribution in [0.4, 0.5) is 0 Å². The highest BCUT2D eigenvalue weighted by Gasteiger charge is 2.30. The second-order valence-corrected chi connectivity index (χ2v) is 5.98. The number of pyridine rings is 1. The van der Waals surface area contributed by atoms with E-state index in [1.54, 1.807) is 0 Å². The average Bonchev–Trinajstić information content (AvgIpc) is 3.06. The molecule has 0 radical (unpaired) electrons. The molecule has 0 spiro atoms. The molecule has 2 nitrogen and oxygen atoms in total. The summed E-state index contributed by atoms with van der Waals surface area (Å²) in [6.07, 6.45) is 2.80. The molecule has 0 bridgehead atoms. The summed E-state index contributed by atoms with van der Waals surface area (Å²) in [4.78, 5) is 4.58. The molecule has 1 fully saturated rings. The maximum Gasteiger partial charge on any atom is 0.0966 e.